The molecule has 0 N–H and O–H groups in total. The zero-order chi connectivity index (χ0) is 14.7. The van der Waals surface area contributed by atoms with Gasteiger partial charge in [0.2, 0.25) is 0 Å². The Kier molecular flexibility index (Phi) is 3.51. The van der Waals surface area contributed by atoms with E-state index >= 15 is 0 Å². The van der Waals surface area contributed by atoms with Crippen LogP contribution in [-0.2, 0) is 4.74 Å². The monoisotopic (exact) mass is 278 g/mol. The number of rotatable bonds is 3. The first-order chi connectivity index (χ1) is 10.3. The summed E-state index contributed by atoms with van der Waals surface area (Å²) in [5, 5.41) is 0. The third kappa shape index (κ3) is 2.56. The number of hydrogen-bond donors (Lipinski definition) is 0. The van der Waals surface area contributed by atoms with Crippen molar-refractivity contribution < 1.29 is 9.53 Å². The molecule has 0 fully saturated rings. The van der Waals surface area contributed by atoms with Crippen LogP contribution < -0.4 is 0 Å². The Bertz CT molecular complexity index is 692. The highest BCUT2D eigenvalue weighted by molar-refractivity contribution is 5.88. The van der Waals surface area contributed by atoms with Crippen LogP contribution in [0.25, 0.3) is 17.1 Å². The molecule has 0 unspecified atom stereocenters. The van der Waals surface area contributed by atoms with Gasteiger partial charge in [-0.15, -0.1) is 0 Å². The second kappa shape index (κ2) is 5.63. The summed E-state index contributed by atoms with van der Waals surface area (Å²) in [7, 11) is 1.35. The number of aromatic nitrogens is 2. The molecule has 0 amide bonds. The lowest BCUT2D eigenvalue weighted by molar-refractivity contribution is 0.0594. The topological polar surface area (TPSA) is 44.1 Å². The van der Waals surface area contributed by atoms with Crippen molar-refractivity contribution in [3.8, 4) is 17.1 Å². The fraction of sp³-hybridized carbons (Fsp3) is 0.0588. The van der Waals surface area contributed by atoms with Crippen molar-refractivity contribution in [2.45, 2.75) is 0 Å². The Morgan fingerprint density at radius 1 is 1.00 bits per heavy atom. The number of para-hydroxylation sites is 1. The molecule has 0 saturated carbocycles. The summed E-state index contributed by atoms with van der Waals surface area (Å²) in [5.41, 5.74) is 2.18. The van der Waals surface area contributed by atoms with Gasteiger partial charge in [0.25, 0.3) is 0 Å². The zero-order valence-electron chi connectivity index (χ0n) is 11.6. The maximum atomic E-state index is 11.7. The molecule has 0 saturated heterocycles. The molecule has 2 aromatic carbocycles. The maximum absolute atomic E-state index is 11.7. The molecule has 3 aromatic rings. The molecule has 0 aliphatic rings. The predicted octanol–water partition coefficient (Wildman–Crippen LogP) is 3.33. The van der Waals surface area contributed by atoms with Crippen LogP contribution in [0.4, 0.5) is 0 Å². The van der Waals surface area contributed by atoms with Crippen LogP contribution in [-0.4, -0.2) is 22.6 Å². The SMILES string of the molecule is COC(=O)c1cn(-c2ccccc2)c(-c2ccccc2)n1. The molecule has 0 radical (unpaired) electrons. The van der Waals surface area contributed by atoms with E-state index in [4.69, 9.17) is 4.74 Å². The van der Waals surface area contributed by atoms with Crippen LogP contribution in [0.2, 0.25) is 0 Å². The molecule has 4 heteroatoms. The number of methoxy groups -OCH3 is 1. The first-order valence-electron chi connectivity index (χ1n) is 6.58. The Hall–Kier alpha value is -2.88. The van der Waals surface area contributed by atoms with Gasteiger partial charge in [-0.2, -0.15) is 0 Å². The number of ether oxygens (including phenoxy) is 1. The summed E-state index contributed by atoms with van der Waals surface area (Å²) in [6.45, 7) is 0. The Morgan fingerprint density at radius 3 is 2.24 bits per heavy atom. The molecule has 4 nitrogen and oxygen atoms in total. The number of imidazole rings is 1. The van der Waals surface area contributed by atoms with E-state index in [0.717, 1.165) is 11.3 Å². The normalized spacial score (nSPS) is 10.3. The van der Waals surface area contributed by atoms with Crippen molar-refractivity contribution in [1.29, 1.82) is 0 Å². The van der Waals surface area contributed by atoms with Gasteiger partial charge in [0.1, 0.15) is 5.82 Å². The van der Waals surface area contributed by atoms with E-state index in [9.17, 15) is 4.79 Å². The minimum Gasteiger partial charge on any atom is -0.464 e. The van der Waals surface area contributed by atoms with Crippen molar-refractivity contribution in [2.24, 2.45) is 0 Å². The third-order valence-electron chi connectivity index (χ3n) is 3.17. The molecular weight excluding hydrogens is 264 g/mol. The molecular formula is C17H14N2O2. The van der Waals surface area contributed by atoms with Crippen LogP contribution >= 0.6 is 0 Å². The Morgan fingerprint density at radius 2 is 1.62 bits per heavy atom. The number of carbonyl (C=O) groups is 1. The lowest BCUT2D eigenvalue weighted by Crippen LogP contribution is -2.01. The van der Waals surface area contributed by atoms with Gasteiger partial charge in [0.15, 0.2) is 5.69 Å². The fourth-order valence-electron chi connectivity index (χ4n) is 2.16. The lowest BCUT2D eigenvalue weighted by atomic mass is 10.2. The molecule has 1 aromatic heterocycles. The number of hydrogen-bond acceptors (Lipinski definition) is 3. The van der Waals surface area contributed by atoms with Gasteiger partial charge in [-0.3, -0.25) is 4.57 Å². The average Bonchev–Trinajstić information content (AvgIpc) is 3.01. The van der Waals surface area contributed by atoms with Gasteiger partial charge in [-0.25, -0.2) is 9.78 Å². The summed E-state index contributed by atoms with van der Waals surface area (Å²) in [6.07, 6.45) is 1.70. The first-order valence-corrected chi connectivity index (χ1v) is 6.58. The largest absolute Gasteiger partial charge is 0.464 e. The quantitative estimate of drug-likeness (QED) is 0.690. The zero-order valence-corrected chi connectivity index (χ0v) is 11.6. The Balaban J connectivity index is 2.18. The van der Waals surface area contributed by atoms with E-state index in [1.54, 1.807) is 6.20 Å². The molecule has 21 heavy (non-hydrogen) atoms. The summed E-state index contributed by atoms with van der Waals surface area (Å²) in [5.74, 6) is 0.268. The van der Waals surface area contributed by atoms with E-state index in [0.29, 0.717) is 11.5 Å². The second-order valence-corrected chi connectivity index (χ2v) is 4.51. The average molecular weight is 278 g/mol. The highest BCUT2D eigenvalue weighted by Crippen LogP contribution is 2.23. The van der Waals surface area contributed by atoms with E-state index < -0.39 is 5.97 Å². The molecule has 0 bridgehead atoms. The molecule has 0 atom stereocenters. The van der Waals surface area contributed by atoms with Gasteiger partial charge in [-0.05, 0) is 12.1 Å². The minimum absolute atomic E-state index is 0.292. The highest BCUT2D eigenvalue weighted by Gasteiger charge is 2.16. The molecule has 0 spiro atoms. The number of benzene rings is 2. The summed E-state index contributed by atoms with van der Waals surface area (Å²) in [6, 6.07) is 19.5. The van der Waals surface area contributed by atoms with Crippen molar-refractivity contribution in [2.75, 3.05) is 7.11 Å². The van der Waals surface area contributed by atoms with E-state index in [1.807, 2.05) is 65.2 Å². The van der Waals surface area contributed by atoms with Crippen LogP contribution in [0, 0.1) is 0 Å². The summed E-state index contributed by atoms with van der Waals surface area (Å²) in [4.78, 5) is 16.2. The molecule has 0 aliphatic heterocycles. The fourth-order valence-corrected chi connectivity index (χ4v) is 2.16. The van der Waals surface area contributed by atoms with Crippen LogP contribution in [0.15, 0.2) is 66.9 Å². The third-order valence-corrected chi connectivity index (χ3v) is 3.17. The standard InChI is InChI=1S/C17H14N2O2/c1-21-17(20)15-12-19(14-10-6-3-7-11-14)16(18-15)13-8-4-2-5-9-13/h2-12H,1H3. The second-order valence-electron chi connectivity index (χ2n) is 4.51. The molecule has 1 heterocycles. The van der Waals surface area contributed by atoms with Gasteiger partial charge >= 0.3 is 5.97 Å². The molecule has 0 aliphatic carbocycles. The number of nitrogens with zero attached hydrogens (tertiary/aromatic N) is 2. The highest BCUT2D eigenvalue weighted by atomic mass is 16.5. The van der Waals surface area contributed by atoms with Crippen LogP contribution in [0.1, 0.15) is 10.5 Å². The van der Waals surface area contributed by atoms with Gasteiger partial charge < -0.3 is 4.74 Å². The van der Waals surface area contributed by atoms with Gasteiger partial charge in [-0.1, -0.05) is 48.5 Å². The number of esters is 1. The van der Waals surface area contributed by atoms with E-state index in [2.05, 4.69) is 4.98 Å². The smallest absolute Gasteiger partial charge is 0.358 e. The first kappa shape index (κ1) is 13.1. The molecule has 104 valence electrons. The van der Waals surface area contributed by atoms with Crippen LogP contribution in [0.3, 0.4) is 0 Å². The van der Waals surface area contributed by atoms with Crippen LogP contribution in [0.5, 0.6) is 0 Å². The van der Waals surface area contributed by atoms with E-state index in [1.165, 1.54) is 7.11 Å². The maximum Gasteiger partial charge on any atom is 0.358 e. The van der Waals surface area contributed by atoms with Crippen molar-refractivity contribution >= 4 is 5.97 Å². The lowest BCUT2D eigenvalue weighted by Gasteiger charge is -2.07. The van der Waals surface area contributed by atoms with Gasteiger partial charge in [0, 0.05) is 17.4 Å². The summed E-state index contributed by atoms with van der Waals surface area (Å²) >= 11 is 0. The number of carbonyl (C=O) groups excluding carboxylic acids is 1. The minimum atomic E-state index is -0.443. The van der Waals surface area contributed by atoms with E-state index in [-0.39, 0.29) is 0 Å². The summed E-state index contributed by atoms with van der Waals surface area (Å²) < 4.78 is 6.65. The predicted molar refractivity (Wildman–Crippen MR) is 80.3 cm³/mol. The molecule has 3 rings (SSSR count). The van der Waals surface area contributed by atoms with Crippen molar-refractivity contribution in [3.63, 3.8) is 0 Å². The Labute approximate surface area is 122 Å². The van der Waals surface area contributed by atoms with Gasteiger partial charge in [0.05, 0.1) is 7.11 Å². The van der Waals surface area contributed by atoms with Crippen molar-refractivity contribution in [1.82, 2.24) is 9.55 Å². The van der Waals surface area contributed by atoms with Crippen molar-refractivity contribution in [3.05, 3.63) is 72.6 Å².